The summed E-state index contributed by atoms with van der Waals surface area (Å²) in [6, 6.07) is 14.3. The molecular formula is C18H14ClN5O5S. The Hall–Kier alpha value is -3.44. The number of halogens is 1. The Bertz CT molecular complexity index is 1130. The van der Waals surface area contributed by atoms with Crippen LogP contribution in [0.15, 0.2) is 58.3 Å². The SMILES string of the molecule is Cc1c([N+](=O)[O-])c([N+](=O)[O-])nn1CC(=O)Nc1ccccc1Sc1ccc(Cl)cc1. The zero-order valence-corrected chi connectivity index (χ0v) is 17.0. The Morgan fingerprint density at radius 3 is 2.40 bits per heavy atom. The summed E-state index contributed by atoms with van der Waals surface area (Å²) in [6.07, 6.45) is 0. The molecule has 0 radical (unpaired) electrons. The first-order valence-electron chi connectivity index (χ1n) is 8.44. The Balaban J connectivity index is 1.79. The van der Waals surface area contributed by atoms with Crippen LogP contribution in [0.3, 0.4) is 0 Å². The summed E-state index contributed by atoms with van der Waals surface area (Å²) in [5, 5.41) is 29.1. The average Bonchev–Trinajstić information content (AvgIpc) is 3.02. The molecule has 0 saturated carbocycles. The monoisotopic (exact) mass is 447 g/mol. The quantitative estimate of drug-likeness (QED) is 0.417. The van der Waals surface area contributed by atoms with E-state index in [1.165, 1.54) is 18.7 Å². The van der Waals surface area contributed by atoms with Crippen molar-refractivity contribution < 1.29 is 14.6 Å². The first-order chi connectivity index (χ1) is 14.3. The van der Waals surface area contributed by atoms with Gasteiger partial charge < -0.3 is 15.4 Å². The van der Waals surface area contributed by atoms with Crippen LogP contribution in [0.5, 0.6) is 0 Å². The third-order valence-corrected chi connectivity index (χ3v) is 5.34. The maximum Gasteiger partial charge on any atom is 0.468 e. The van der Waals surface area contributed by atoms with Gasteiger partial charge in [0.1, 0.15) is 12.2 Å². The number of nitro groups is 2. The molecule has 1 heterocycles. The van der Waals surface area contributed by atoms with Crippen LogP contribution in [0.1, 0.15) is 5.69 Å². The van der Waals surface area contributed by atoms with Gasteiger partial charge >= 0.3 is 11.5 Å². The highest BCUT2D eigenvalue weighted by atomic mass is 35.5. The number of carbonyl (C=O) groups is 1. The van der Waals surface area contributed by atoms with Gasteiger partial charge in [0.25, 0.3) is 0 Å². The molecule has 0 saturated heterocycles. The molecule has 0 aliphatic heterocycles. The van der Waals surface area contributed by atoms with Crippen LogP contribution < -0.4 is 5.32 Å². The van der Waals surface area contributed by atoms with Gasteiger partial charge in [0.2, 0.25) is 5.91 Å². The molecule has 1 amide bonds. The van der Waals surface area contributed by atoms with Crippen LogP contribution in [0.2, 0.25) is 5.02 Å². The molecular weight excluding hydrogens is 434 g/mol. The smallest absolute Gasteiger partial charge is 0.358 e. The summed E-state index contributed by atoms with van der Waals surface area (Å²) in [5.74, 6) is -1.43. The number of nitrogens with one attached hydrogen (secondary N) is 1. The summed E-state index contributed by atoms with van der Waals surface area (Å²) >= 11 is 7.31. The molecule has 0 bridgehead atoms. The van der Waals surface area contributed by atoms with Crippen LogP contribution >= 0.6 is 23.4 Å². The lowest BCUT2D eigenvalue weighted by molar-refractivity contribution is -0.424. The highest BCUT2D eigenvalue weighted by Gasteiger charge is 2.35. The van der Waals surface area contributed by atoms with Gasteiger partial charge in [-0.25, -0.2) is 0 Å². The van der Waals surface area contributed by atoms with Crippen LogP contribution in [0.4, 0.5) is 17.2 Å². The molecule has 3 aromatic rings. The second kappa shape index (κ2) is 8.93. The number of anilines is 1. The number of para-hydroxylation sites is 1. The normalized spacial score (nSPS) is 10.6. The van der Waals surface area contributed by atoms with Crippen molar-refractivity contribution >= 4 is 46.5 Å². The number of rotatable bonds is 7. The third-order valence-electron chi connectivity index (χ3n) is 4.01. The van der Waals surface area contributed by atoms with Gasteiger partial charge in [0, 0.05) is 14.8 Å². The van der Waals surface area contributed by atoms with E-state index in [1.807, 2.05) is 24.3 Å². The molecule has 3 rings (SSSR count). The zero-order chi connectivity index (χ0) is 21.8. The second-order valence-corrected chi connectivity index (χ2v) is 7.58. The fourth-order valence-corrected chi connectivity index (χ4v) is 3.65. The number of benzene rings is 2. The zero-order valence-electron chi connectivity index (χ0n) is 15.4. The third kappa shape index (κ3) is 4.75. The molecule has 2 aromatic carbocycles. The topological polar surface area (TPSA) is 133 Å². The number of carbonyl (C=O) groups excluding carboxylic acids is 1. The standard InChI is InChI=1S/C18H14ClN5O5S/c1-11-17(23(26)27)18(24(28)29)21-22(11)10-16(25)20-14-4-2-3-5-15(14)30-13-8-6-12(19)7-9-13/h2-9H,10H2,1H3,(H,20,25). The molecule has 1 aromatic heterocycles. The van der Waals surface area contributed by atoms with Crippen molar-refractivity contribution in [3.8, 4) is 0 Å². The van der Waals surface area contributed by atoms with E-state index < -0.39 is 33.8 Å². The van der Waals surface area contributed by atoms with Gasteiger partial charge in [-0.15, -0.1) is 0 Å². The minimum atomic E-state index is -0.947. The molecule has 12 heteroatoms. The number of hydrogen-bond donors (Lipinski definition) is 1. The molecule has 10 nitrogen and oxygen atoms in total. The fraction of sp³-hybridized carbons (Fsp3) is 0.111. The van der Waals surface area contributed by atoms with E-state index in [2.05, 4.69) is 10.4 Å². The molecule has 154 valence electrons. The summed E-state index contributed by atoms with van der Waals surface area (Å²) in [6.45, 7) is 0.885. The first-order valence-corrected chi connectivity index (χ1v) is 9.64. The number of amides is 1. The first kappa shape index (κ1) is 21.3. The van der Waals surface area contributed by atoms with Crippen LogP contribution in [0.25, 0.3) is 0 Å². The molecule has 0 atom stereocenters. The van der Waals surface area contributed by atoms with E-state index in [0.29, 0.717) is 10.7 Å². The molecule has 0 aliphatic rings. The average molecular weight is 448 g/mol. The molecule has 30 heavy (non-hydrogen) atoms. The van der Waals surface area contributed by atoms with Crippen LogP contribution in [0, 0.1) is 27.2 Å². The largest absolute Gasteiger partial charge is 0.468 e. The summed E-state index contributed by atoms with van der Waals surface area (Å²) in [7, 11) is 0. The fourth-order valence-electron chi connectivity index (χ4n) is 2.63. The lowest BCUT2D eigenvalue weighted by atomic mass is 10.3. The minimum Gasteiger partial charge on any atom is -0.358 e. The van der Waals surface area contributed by atoms with Gasteiger partial charge in [-0.05, 0) is 48.2 Å². The van der Waals surface area contributed by atoms with Crippen molar-refractivity contribution in [2.45, 2.75) is 23.3 Å². The molecule has 0 unspecified atom stereocenters. The lowest BCUT2D eigenvalue weighted by Crippen LogP contribution is -2.20. The van der Waals surface area contributed by atoms with Crippen molar-refractivity contribution in [1.82, 2.24) is 9.78 Å². The van der Waals surface area contributed by atoms with Gasteiger partial charge in [0.15, 0.2) is 0 Å². The number of aromatic nitrogens is 2. The summed E-state index contributed by atoms with van der Waals surface area (Å²) < 4.78 is 0.945. The summed E-state index contributed by atoms with van der Waals surface area (Å²) in [4.78, 5) is 34.5. The second-order valence-electron chi connectivity index (χ2n) is 6.03. The van der Waals surface area contributed by atoms with E-state index >= 15 is 0 Å². The van der Waals surface area contributed by atoms with E-state index in [0.717, 1.165) is 14.5 Å². The minimum absolute atomic E-state index is 0.0781. The Morgan fingerprint density at radius 1 is 1.13 bits per heavy atom. The van der Waals surface area contributed by atoms with Gasteiger partial charge in [-0.1, -0.05) is 35.5 Å². The lowest BCUT2D eigenvalue weighted by Gasteiger charge is -2.10. The van der Waals surface area contributed by atoms with Crippen molar-refractivity contribution in [2.75, 3.05) is 5.32 Å². The highest BCUT2D eigenvalue weighted by Crippen LogP contribution is 2.34. The number of nitrogens with zero attached hydrogens (tertiary/aromatic N) is 4. The maximum atomic E-state index is 12.5. The van der Waals surface area contributed by atoms with E-state index in [1.54, 1.807) is 24.3 Å². The van der Waals surface area contributed by atoms with Crippen LogP contribution in [-0.4, -0.2) is 25.5 Å². The van der Waals surface area contributed by atoms with E-state index in [9.17, 15) is 25.0 Å². The number of hydrogen-bond acceptors (Lipinski definition) is 7. The summed E-state index contributed by atoms with van der Waals surface area (Å²) in [5.41, 5.74) is -0.284. The van der Waals surface area contributed by atoms with Crippen molar-refractivity contribution in [1.29, 1.82) is 0 Å². The van der Waals surface area contributed by atoms with E-state index in [-0.39, 0.29) is 5.69 Å². The molecule has 0 fully saturated rings. The van der Waals surface area contributed by atoms with Gasteiger partial charge in [-0.2, -0.15) is 4.68 Å². The van der Waals surface area contributed by atoms with Crippen molar-refractivity contribution in [2.24, 2.45) is 0 Å². The van der Waals surface area contributed by atoms with E-state index in [4.69, 9.17) is 11.6 Å². The highest BCUT2D eigenvalue weighted by molar-refractivity contribution is 7.99. The predicted octanol–water partition coefficient (Wildman–Crippen LogP) is 4.45. The maximum absolute atomic E-state index is 12.5. The Labute approximate surface area is 179 Å². The Morgan fingerprint density at radius 2 is 1.80 bits per heavy atom. The molecule has 0 aliphatic carbocycles. The van der Waals surface area contributed by atoms with Gasteiger partial charge in [-0.3, -0.25) is 14.9 Å². The molecule has 1 N–H and O–H groups in total. The van der Waals surface area contributed by atoms with Crippen molar-refractivity contribution in [3.05, 3.63) is 79.5 Å². The Kier molecular flexibility index (Phi) is 6.33. The van der Waals surface area contributed by atoms with Gasteiger partial charge in [0.05, 0.1) is 15.7 Å². The van der Waals surface area contributed by atoms with Crippen LogP contribution in [-0.2, 0) is 11.3 Å². The predicted molar refractivity (Wildman–Crippen MR) is 111 cm³/mol. The van der Waals surface area contributed by atoms with Crippen molar-refractivity contribution in [3.63, 3.8) is 0 Å². The molecule has 0 spiro atoms.